The maximum absolute atomic E-state index is 13.3. The molecule has 2 aromatic rings. The third kappa shape index (κ3) is 7.44. The molecule has 0 saturated carbocycles. The lowest BCUT2D eigenvalue weighted by Crippen LogP contribution is -2.40. The number of carbonyl (C=O) groups is 2. The molecule has 8 heteroatoms. The SMILES string of the molecule is CC(C)(C)OC(=O)N1CCN(C(=O)OCc2ccccc2)CC(Sc2ccc(F)cc2)C1. The molecular weight excluding hydrogens is 431 g/mol. The Morgan fingerprint density at radius 3 is 2.16 bits per heavy atom. The summed E-state index contributed by atoms with van der Waals surface area (Å²) >= 11 is 1.50. The van der Waals surface area contributed by atoms with E-state index in [9.17, 15) is 14.0 Å². The summed E-state index contributed by atoms with van der Waals surface area (Å²) in [5.74, 6) is -0.309. The Labute approximate surface area is 192 Å². The number of carbonyl (C=O) groups excluding carboxylic acids is 2. The highest BCUT2D eigenvalue weighted by Crippen LogP contribution is 2.27. The van der Waals surface area contributed by atoms with Crippen LogP contribution in [0.15, 0.2) is 59.5 Å². The van der Waals surface area contributed by atoms with Gasteiger partial charge in [-0.25, -0.2) is 14.0 Å². The van der Waals surface area contributed by atoms with Crippen LogP contribution in [-0.4, -0.2) is 59.0 Å². The number of nitrogens with zero attached hydrogens (tertiary/aromatic N) is 2. The van der Waals surface area contributed by atoms with Crippen LogP contribution >= 0.6 is 11.8 Å². The molecule has 1 unspecified atom stereocenters. The van der Waals surface area contributed by atoms with E-state index in [1.165, 1.54) is 23.9 Å². The van der Waals surface area contributed by atoms with Crippen LogP contribution in [-0.2, 0) is 16.1 Å². The van der Waals surface area contributed by atoms with Gasteiger partial charge in [0.05, 0.1) is 0 Å². The van der Waals surface area contributed by atoms with Crippen molar-refractivity contribution in [1.82, 2.24) is 9.80 Å². The van der Waals surface area contributed by atoms with Crippen molar-refractivity contribution >= 4 is 23.9 Å². The maximum Gasteiger partial charge on any atom is 0.410 e. The van der Waals surface area contributed by atoms with Crippen molar-refractivity contribution in [3.8, 4) is 0 Å². The quantitative estimate of drug-likeness (QED) is 0.630. The molecule has 3 rings (SSSR count). The van der Waals surface area contributed by atoms with E-state index in [2.05, 4.69) is 0 Å². The van der Waals surface area contributed by atoms with E-state index in [0.717, 1.165) is 10.5 Å². The molecule has 1 aliphatic heterocycles. The van der Waals surface area contributed by atoms with Gasteiger partial charge in [0.15, 0.2) is 0 Å². The number of hydrogen-bond acceptors (Lipinski definition) is 5. The first-order valence-electron chi connectivity index (χ1n) is 10.6. The normalized spacial score (nSPS) is 16.9. The zero-order valence-electron chi connectivity index (χ0n) is 18.6. The van der Waals surface area contributed by atoms with Crippen LogP contribution < -0.4 is 0 Å². The van der Waals surface area contributed by atoms with Crippen molar-refractivity contribution in [2.45, 2.75) is 43.1 Å². The average Bonchev–Trinajstić information content (AvgIpc) is 2.96. The summed E-state index contributed by atoms with van der Waals surface area (Å²) in [6, 6.07) is 15.7. The number of thioether (sulfide) groups is 1. The highest BCUT2D eigenvalue weighted by molar-refractivity contribution is 8.00. The molecule has 0 radical (unpaired) electrons. The fraction of sp³-hybridized carbons (Fsp3) is 0.417. The predicted octanol–water partition coefficient (Wildman–Crippen LogP) is 5.18. The van der Waals surface area contributed by atoms with Crippen LogP contribution in [0.1, 0.15) is 26.3 Å². The predicted molar refractivity (Wildman–Crippen MR) is 122 cm³/mol. The van der Waals surface area contributed by atoms with Crippen molar-refractivity contribution in [1.29, 1.82) is 0 Å². The molecule has 2 amide bonds. The van der Waals surface area contributed by atoms with E-state index >= 15 is 0 Å². The summed E-state index contributed by atoms with van der Waals surface area (Å²) in [7, 11) is 0. The fourth-order valence-electron chi connectivity index (χ4n) is 3.22. The molecular formula is C24H29FN2O4S. The van der Waals surface area contributed by atoms with Gasteiger partial charge in [-0.3, -0.25) is 0 Å². The van der Waals surface area contributed by atoms with Gasteiger partial charge in [-0.05, 0) is 50.6 Å². The molecule has 0 aliphatic carbocycles. The lowest BCUT2D eigenvalue weighted by atomic mass is 10.2. The van der Waals surface area contributed by atoms with Crippen molar-refractivity contribution < 1.29 is 23.5 Å². The Morgan fingerprint density at radius 2 is 1.56 bits per heavy atom. The number of hydrogen-bond donors (Lipinski definition) is 0. The van der Waals surface area contributed by atoms with Crippen molar-refractivity contribution in [2.75, 3.05) is 26.2 Å². The second-order valence-electron chi connectivity index (χ2n) is 8.61. The number of ether oxygens (including phenoxy) is 2. The first kappa shape index (κ1) is 23.9. The summed E-state index contributed by atoms with van der Waals surface area (Å²) in [6.07, 6.45) is -0.841. The molecule has 6 nitrogen and oxygen atoms in total. The molecule has 2 aromatic carbocycles. The minimum absolute atomic E-state index is 0.125. The average molecular weight is 461 g/mol. The van der Waals surface area contributed by atoms with Crippen LogP contribution in [0.3, 0.4) is 0 Å². The third-order valence-corrected chi connectivity index (χ3v) is 5.90. The molecule has 1 heterocycles. The number of halogens is 1. The van der Waals surface area contributed by atoms with Gasteiger partial charge in [0.1, 0.15) is 18.0 Å². The largest absolute Gasteiger partial charge is 0.445 e. The molecule has 1 aliphatic rings. The molecule has 1 saturated heterocycles. The lowest BCUT2D eigenvalue weighted by molar-refractivity contribution is 0.0256. The molecule has 1 atom stereocenters. The Balaban J connectivity index is 1.70. The summed E-state index contributed by atoms with van der Waals surface area (Å²) in [5.41, 5.74) is 0.292. The lowest BCUT2D eigenvalue weighted by Gasteiger charge is -2.27. The van der Waals surface area contributed by atoms with E-state index in [0.29, 0.717) is 26.2 Å². The topological polar surface area (TPSA) is 59.1 Å². The highest BCUT2D eigenvalue weighted by Gasteiger charge is 2.31. The van der Waals surface area contributed by atoms with E-state index in [1.54, 1.807) is 21.9 Å². The maximum atomic E-state index is 13.3. The van der Waals surface area contributed by atoms with Gasteiger partial charge in [-0.1, -0.05) is 30.3 Å². The standard InChI is InChI=1S/C24H29FN2O4S/c1-24(2,3)31-23(29)27-14-13-26(22(28)30-17-18-7-5-4-6-8-18)15-21(16-27)32-20-11-9-19(25)10-12-20/h4-12,21H,13-17H2,1-3H3. The summed E-state index contributed by atoms with van der Waals surface area (Å²) < 4.78 is 24.3. The van der Waals surface area contributed by atoms with Gasteiger partial charge in [0, 0.05) is 36.3 Å². The van der Waals surface area contributed by atoms with Gasteiger partial charge in [-0.2, -0.15) is 0 Å². The van der Waals surface area contributed by atoms with Crippen molar-refractivity contribution in [3.05, 3.63) is 66.0 Å². The van der Waals surface area contributed by atoms with Gasteiger partial charge in [0.25, 0.3) is 0 Å². The van der Waals surface area contributed by atoms with Gasteiger partial charge in [-0.15, -0.1) is 11.8 Å². The molecule has 172 valence electrons. The van der Waals surface area contributed by atoms with Gasteiger partial charge in [0.2, 0.25) is 0 Å². The van der Waals surface area contributed by atoms with Crippen LogP contribution in [0.25, 0.3) is 0 Å². The third-order valence-electron chi connectivity index (χ3n) is 4.72. The van der Waals surface area contributed by atoms with Gasteiger partial charge < -0.3 is 19.3 Å². The van der Waals surface area contributed by atoms with E-state index in [-0.39, 0.29) is 17.7 Å². The monoisotopic (exact) mass is 460 g/mol. The van der Waals surface area contributed by atoms with Crippen molar-refractivity contribution in [3.63, 3.8) is 0 Å². The highest BCUT2D eigenvalue weighted by atomic mass is 32.2. The molecule has 0 spiro atoms. The number of amides is 2. The molecule has 0 aromatic heterocycles. The van der Waals surface area contributed by atoms with Crippen LogP contribution in [0, 0.1) is 5.82 Å². The molecule has 32 heavy (non-hydrogen) atoms. The fourth-order valence-corrected chi connectivity index (χ4v) is 4.41. The van der Waals surface area contributed by atoms with Crippen molar-refractivity contribution in [2.24, 2.45) is 0 Å². The van der Waals surface area contributed by atoms with E-state index in [1.807, 2.05) is 51.1 Å². The molecule has 1 fully saturated rings. The zero-order chi connectivity index (χ0) is 23.1. The van der Waals surface area contributed by atoms with E-state index < -0.39 is 17.8 Å². The molecule has 0 bridgehead atoms. The van der Waals surface area contributed by atoms with Crippen LogP contribution in [0.2, 0.25) is 0 Å². The molecule has 0 N–H and O–H groups in total. The summed E-state index contributed by atoms with van der Waals surface area (Å²) in [6.45, 7) is 7.13. The Morgan fingerprint density at radius 1 is 0.969 bits per heavy atom. The van der Waals surface area contributed by atoms with Crippen LogP contribution in [0.4, 0.5) is 14.0 Å². The van der Waals surface area contributed by atoms with Gasteiger partial charge >= 0.3 is 12.2 Å². The zero-order valence-corrected chi connectivity index (χ0v) is 19.4. The second-order valence-corrected chi connectivity index (χ2v) is 9.98. The second kappa shape index (κ2) is 10.7. The minimum atomic E-state index is -0.614. The Bertz CT molecular complexity index is 902. The summed E-state index contributed by atoms with van der Waals surface area (Å²) in [4.78, 5) is 29.6. The Hall–Kier alpha value is -2.74. The summed E-state index contributed by atoms with van der Waals surface area (Å²) in [5, 5.41) is -0.125. The van der Waals surface area contributed by atoms with Crippen LogP contribution in [0.5, 0.6) is 0 Å². The first-order valence-corrected chi connectivity index (χ1v) is 11.4. The number of benzene rings is 2. The minimum Gasteiger partial charge on any atom is -0.445 e. The smallest absolute Gasteiger partial charge is 0.410 e. The first-order chi connectivity index (χ1) is 15.2. The van der Waals surface area contributed by atoms with E-state index in [4.69, 9.17) is 9.47 Å². The Kier molecular flexibility index (Phi) is 8.01. The number of rotatable bonds is 4.